The summed E-state index contributed by atoms with van der Waals surface area (Å²) in [5.74, 6) is 0.707. The van der Waals surface area contributed by atoms with Gasteiger partial charge in [0.2, 0.25) is 0 Å². The van der Waals surface area contributed by atoms with Crippen molar-refractivity contribution < 1.29 is 9.13 Å². The Morgan fingerprint density at radius 2 is 1.82 bits per heavy atom. The van der Waals surface area contributed by atoms with E-state index >= 15 is 0 Å². The first-order valence-corrected chi connectivity index (χ1v) is 10.5. The molecule has 2 unspecified atom stereocenters. The third kappa shape index (κ3) is 7.76. The Hall–Kier alpha value is -1.66. The number of ether oxygens (including phenoxy) is 1. The monoisotopic (exact) mass is 392 g/mol. The highest BCUT2D eigenvalue weighted by atomic mass is 19.1. The van der Waals surface area contributed by atoms with Crippen molar-refractivity contribution in [1.29, 1.82) is 0 Å². The fourth-order valence-corrected chi connectivity index (χ4v) is 3.60. The van der Waals surface area contributed by atoms with Gasteiger partial charge in [-0.15, -0.1) is 0 Å². The molecular formula is C22H37FN4O. The van der Waals surface area contributed by atoms with Crippen LogP contribution < -0.4 is 5.32 Å². The Morgan fingerprint density at radius 3 is 2.50 bits per heavy atom. The maximum Gasteiger partial charge on any atom is 0.193 e. The molecule has 1 aliphatic heterocycles. The number of hydrogen-bond acceptors (Lipinski definition) is 3. The molecule has 2 rings (SSSR count). The Bertz CT molecular complexity index is 591. The van der Waals surface area contributed by atoms with E-state index in [1.54, 1.807) is 0 Å². The number of guanidine groups is 1. The van der Waals surface area contributed by atoms with Gasteiger partial charge in [0, 0.05) is 20.1 Å². The van der Waals surface area contributed by atoms with E-state index in [1.807, 2.05) is 19.2 Å². The van der Waals surface area contributed by atoms with Gasteiger partial charge < -0.3 is 19.9 Å². The van der Waals surface area contributed by atoms with Gasteiger partial charge in [-0.1, -0.05) is 31.4 Å². The van der Waals surface area contributed by atoms with Gasteiger partial charge in [0.15, 0.2) is 5.96 Å². The molecule has 2 atom stereocenters. The number of benzene rings is 1. The summed E-state index contributed by atoms with van der Waals surface area (Å²) in [5, 5.41) is 3.50. The largest absolute Gasteiger partial charge is 0.367 e. The summed E-state index contributed by atoms with van der Waals surface area (Å²) in [6, 6.07) is 6.60. The number of halogens is 1. The van der Waals surface area contributed by atoms with Crippen LogP contribution in [0.25, 0.3) is 0 Å². The van der Waals surface area contributed by atoms with Crippen molar-refractivity contribution in [3.8, 4) is 0 Å². The predicted molar refractivity (Wildman–Crippen MR) is 114 cm³/mol. The smallest absolute Gasteiger partial charge is 0.193 e. The minimum absolute atomic E-state index is 0.0698. The van der Waals surface area contributed by atoms with Crippen molar-refractivity contribution in [2.45, 2.75) is 51.2 Å². The van der Waals surface area contributed by atoms with E-state index in [9.17, 15) is 4.39 Å². The molecule has 1 fully saturated rings. The molecule has 1 heterocycles. The molecule has 0 amide bonds. The first-order valence-electron chi connectivity index (χ1n) is 10.5. The van der Waals surface area contributed by atoms with Gasteiger partial charge >= 0.3 is 0 Å². The molecule has 0 aromatic heterocycles. The average molecular weight is 393 g/mol. The highest BCUT2D eigenvalue weighted by molar-refractivity contribution is 5.80. The fraction of sp³-hybridized carbons (Fsp3) is 0.682. The molecule has 0 bridgehead atoms. The molecule has 0 spiro atoms. The van der Waals surface area contributed by atoms with Crippen molar-refractivity contribution in [2.24, 2.45) is 4.99 Å². The quantitative estimate of drug-likeness (QED) is 0.395. The van der Waals surface area contributed by atoms with Crippen molar-refractivity contribution in [3.05, 3.63) is 35.6 Å². The molecule has 0 aliphatic carbocycles. The molecule has 158 valence electrons. The van der Waals surface area contributed by atoms with Gasteiger partial charge in [-0.3, -0.25) is 4.99 Å². The Morgan fingerprint density at radius 1 is 1.14 bits per heavy atom. The molecule has 6 heteroatoms. The molecule has 1 N–H and O–H groups in total. The van der Waals surface area contributed by atoms with Crippen LogP contribution in [0.5, 0.6) is 0 Å². The topological polar surface area (TPSA) is 40.1 Å². The zero-order chi connectivity index (χ0) is 20.4. The molecule has 1 aliphatic rings. The van der Waals surface area contributed by atoms with Crippen LogP contribution in [0.1, 0.15) is 50.7 Å². The molecule has 0 radical (unpaired) electrons. The number of aliphatic imine (C=N–C) groups is 1. The summed E-state index contributed by atoms with van der Waals surface area (Å²) in [6.45, 7) is 5.72. The van der Waals surface area contributed by atoms with E-state index in [0.717, 1.165) is 37.6 Å². The van der Waals surface area contributed by atoms with Crippen LogP contribution in [0.4, 0.5) is 4.39 Å². The van der Waals surface area contributed by atoms with E-state index in [2.05, 4.69) is 41.1 Å². The predicted octanol–water partition coefficient (Wildman–Crippen LogP) is 3.68. The second-order valence-corrected chi connectivity index (χ2v) is 7.94. The lowest BCUT2D eigenvalue weighted by Gasteiger charge is -2.38. The Labute approximate surface area is 170 Å². The van der Waals surface area contributed by atoms with Crippen molar-refractivity contribution in [2.75, 3.05) is 47.3 Å². The maximum atomic E-state index is 13.2. The minimum atomic E-state index is -0.219. The lowest BCUT2D eigenvalue weighted by atomic mass is 10.1. The molecule has 1 aromatic rings. The zero-order valence-corrected chi connectivity index (χ0v) is 18.0. The third-order valence-electron chi connectivity index (χ3n) is 5.08. The van der Waals surface area contributed by atoms with Crippen LogP contribution >= 0.6 is 0 Å². The zero-order valence-electron chi connectivity index (χ0n) is 18.0. The van der Waals surface area contributed by atoms with E-state index in [1.165, 1.54) is 44.4 Å². The first kappa shape index (κ1) is 22.6. The van der Waals surface area contributed by atoms with Crippen LogP contribution in [-0.2, 0) is 4.74 Å². The lowest BCUT2D eigenvalue weighted by Crippen LogP contribution is -2.50. The van der Waals surface area contributed by atoms with Gasteiger partial charge in [0.1, 0.15) is 11.9 Å². The van der Waals surface area contributed by atoms with Gasteiger partial charge in [0.05, 0.1) is 12.6 Å². The van der Waals surface area contributed by atoms with Crippen LogP contribution in [-0.4, -0.2) is 69.2 Å². The summed E-state index contributed by atoms with van der Waals surface area (Å²) >= 11 is 0. The number of morpholine rings is 1. The number of nitrogens with one attached hydrogen (secondary N) is 1. The number of hydrogen-bond donors (Lipinski definition) is 1. The Balaban J connectivity index is 1.75. The summed E-state index contributed by atoms with van der Waals surface area (Å²) in [6.07, 6.45) is 6.29. The highest BCUT2D eigenvalue weighted by Gasteiger charge is 2.28. The van der Waals surface area contributed by atoms with Crippen LogP contribution in [0.3, 0.4) is 0 Å². The average Bonchev–Trinajstić information content (AvgIpc) is 2.66. The van der Waals surface area contributed by atoms with Crippen LogP contribution in [0, 0.1) is 5.82 Å². The van der Waals surface area contributed by atoms with Crippen LogP contribution in [0.15, 0.2) is 29.3 Å². The summed E-state index contributed by atoms with van der Waals surface area (Å²) < 4.78 is 19.3. The third-order valence-corrected chi connectivity index (χ3v) is 5.08. The lowest BCUT2D eigenvalue weighted by molar-refractivity contribution is -0.0605. The fourth-order valence-electron chi connectivity index (χ4n) is 3.60. The van der Waals surface area contributed by atoms with Crippen LogP contribution in [0.2, 0.25) is 0 Å². The van der Waals surface area contributed by atoms with E-state index < -0.39 is 0 Å². The molecule has 0 saturated carbocycles. The highest BCUT2D eigenvalue weighted by Crippen LogP contribution is 2.25. The molecule has 1 aromatic carbocycles. The van der Waals surface area contributed by atoms with Gasteiger partial charge in [-0.25, -0.2) is 4.39 Å². The van der Waals surface area contributed by atoms with Crippen molar-refractivity contribution in [3.63, 3.8) is 0 Å². The number of unbranched alkanes of at least 4 members (excludes halogenated alkanes) is 4. The molecular weight excluding hydrogens is 355 g/mol. The molecule has 1 saturated heterocycles. The summed E-state index contributed by atoms with van der Waals surface area (Å²) in [4.78, 5) is 8.96. The van der Waals surface area contributed by atoms with Gasteiger partial charge in [0.25, 0.3) is 0 Å². The number of nitrogens with zero attached hydrogens (tertiary/aromatic N) is 3. The van der Waals surface area contributed by atoms with E-state index in [0.29, 0.717) is 0 Å². The summed E-state index contributed by atoms with van der Waals surface area (Å²) in [7, 11) is 6.09. The van der Waals surface area contributed by atoms with E-state index in [4.69, 9.17) is 4.74 Å². The molecule has 28 heavy (non-hydrogen) atoms. The molecule has 5 nitrogen and oxygen atoms in total. The van der Waals surface area contributed by atoms with Crippen molar-refractivity contribution >= 4 is 5.96 Å². The standard InChI is InChI=1S/C22H37FN4O/c1-18-16-27(17-21(28-18)19-10-12-20(23)13-11-19)22(24-2)25-14-8-6-5-7-9-15-26(3)4/h10-13,18,21H,5-9,14-17H2,1-4H3,(H,24,25). The minimum Gasteiger partial charge on any atom is -0.367 e. The number of rotatable bonds is 9. The van der Waals surface area contributed by atoms with E-state index in [-0.39, 0.29) is 18.0 Å². The summed E-state index contributed by atoms with van der Waals surface area (Å²) in [5.41, 5.74) is 1.01. The van der Waals surface area contributed by atoms with Crippen molar-refractivity contribution in [1.82, 2.24) is 15.1 Å². The van der Waals surface area contributed by atoms with Gasteiger partial charge in [-0.05, 0) is 58.1 Å². The maximum absolute atomic E-state index is 13.2. The second-order valence-electron chi connectivity index (χ2n) is 7.94. The SMILES string of the molecule is CN=C(NCCCCCCCN(C)C)N1CC(C)OC(c2ccc(F)cc2)C1. The Kier molecular flexibility index (Phi) is 9.71. The van der Waals surface area contributed by atoms with Gasteiger partial charge in [-0.2, -0.15) is 0 Å². The first-order chi connectivity index (χ1) is 13.5. The second kappa shape index (κ2) is 12.0. The normalized spacial score (nSPS) is 20.6.